The van der Waals surface area contributed by atoms with E-state index in [1.807, 2.05) is 0 Å². The van der Waals surface area contributed by atoms with Gasteiger partial charge in [0.15, 0.2) is 0 Å². The molecule has 0 spiro atoms. The topological polar surface area (TPSA) is 62.2 Å². The Morgan fingerprint density at radius 2 is 2.05 bits per heavy atom. The third-order valence-electron chi connectivity index (χ3n) is 2.47. The van der Waals surface area contributed by atoms with E-state index in [4.69, 9.17) is 5.11 Å². The van der Waals surface area contributed by atoms with E-state index in [1.165, 1.54) is 18.3 Å². The first-order valence-corrected chi connectivity index (χ1v) is 5.43. The molecule has 0 aliphatic carbocycles. The Morgan fingerprint density at radius 1 is 1.26 bits per heavy atom. The summed E-state index contributed by atoms with van der Waals surface area (Å²) in [6.45, 7) is 0.0136. The molecule has 1 aromatic carbocycles. The standard InChI is InChI=1S/C13H10F2N2O2/c14-10-1-2-11(15)9(5-10)7-17-12-6-8(13(18)19)3-4-16-12/h1-6H,7H2,(H,16,17)(H,18,19). The first-order chi connectivity index (χ1) is 9.06. The lowest BCUT2D eigenvalue weighted by atomic mass is 10.2. The number of aromatic nitrogens is 1. The normalized spacial score (nSPS) is 10.2. The fourth-order valence-electron chi connectivity index (χ4n) is 1.52. The second-order valence-electron chi connectivity index (χ2n) is 3.82. The van der Waals surface area contributed by atoms with Crippen molar-refractivity contribution in [3.63, 3.8) is 0 Å². The molecule has 0 unspecified atom stereocenters. The van der Waals surface area contributed by atoms with Gasteiger partial charge in [-0.2, -0.15) is 0 Å². The van der Waals surface area contributed by atoms with Gasteiger partial charge < -0.3 is 10.4 Å². The monoisotopic (exact) mass is 264 g/mol. The van der Waals surface area contributed by atoms with E-state index in [2.05, 4.69) is 10.3 Å². The van der Waals surface area contributed by atoms with Gasteiger partial charge in [0.1, 0.15) is 17.5 Å². The van der Waals surface area contributed by atoms with Crippen molar-refractivity contribution in [3.05, 3.63) is 59.3 Å². The molecule has 0 saturated carbocycles. The van der Waals surface area contributed by atoms with Crippen LogP contribution in [-0.4, -0.2) is 16.1 Å². The molecule has 0 aliphatic rings. The number of pyridine rings is 1. The highest BCUT2D eigenvalue weighted by molar-refractivity contribution is 5.88. The second-order valence-corrected chi connectivity index (χ2v) is 3.82. The first-order valence-electron chi connectivity index (χ1n) is 5.43. The van der Waals surface area contributed by atoms with E-state index in [-0.39, 0.29) is 23.5 Å². The van der Waals surface area contributed by atoms with Crippen LogP contribution in [0.15, 0.2) is 36.5 Å². The van der Waals surface area contributed by atoms with Crippen molar-refractivity contribution in [2.45, 2.75) is 6.54 Å². The number of rotatable bonds is 4. The van der Waals surface area contributed by atoms with E-state index in [0.717, 1.165) is 18.2 Å². The molecule has 2 aromatic rings. The molecule has 0 atom stereocenters. The number of carboxylic acid groups (broad SMARTS) is 1. The zero-order valence-electron chi connectivity index (χ0n) is 9.73. The molecule has 98 valence electrons. The van der Waals surface area contributed by atoms with Gasteiger partial charge in [0.2, 0.25) is 0 Å². The Kier molecular flexibility index (Phi) is 3.70. The van der Waals surface area contributed by atoms with Gasteiger partial charge in [0.05, 0.1) is 5.56 Å². The largest absolute Gasteiger partial charge is 0.478 e. The van der Waals surface area contributed by atoms with Gasteiger partial charge in [0.25, 0.3) is 0 Å². The van der Waals surface area contributed by atoms with Gasteiger partial charge in [-0.1, -0.05) is 0 Å². The van der Waals surface area contributed by atoms with Crippen molar-refractivity contribution < 1.29 is 18.7 Å². The zero-order valence-corrected chi connectivity index (χ0v) is 9.73. The molecule has 0 fully saturated rings. The summed E-state index contributed by atoms with van der Waals surface area (Å²) < 4.78 is 26.3. The Bertz CT molecular complexity index is 617. The number of carbonyl (C=O) groups is 1. The zero-order chi connectivity index (χ0) is 13.8. The lowest BCUT2D eigenvalue weighted by Gasteiger charge is -2.07. The van der Waals surface area contributed by atoms with Gasteiger partial charge in [-0.25, -0.2) is 18.6 Å². The molecule has 19 heavy (non-hydrogen) atoms. The summed E-state index contributed by atoms with van der Waals surface area (Å²) in [5, 5.41) is 11.6. The van der Waals surface area contributed by atoms with E-state index < -0.39 is 17.6 Å². The Balaban J connectivity index is 2.12. The third kappa shape index (κ3) is 3.25. The molecule has 0 amide bonds. The smallest absolute Gasteiger partial charge is 0.335 e. The number of anilines is 1. The molecule has 0 bridgehead atoms. The Labute approximate surface area is 107 Å². The van der Waals surface area contributed by atoms with E-state index in [0.29, 0.717) is 0 Å². The highest BCUT2D eigenvalue weighted by atomic mass is 19.1. The molecule has 4 nitrogen and oxygen atoms in total. The fourth-order valence-corrected chi connectivity index (χ4v) is 1.52. The number of nitrogens with zero attached hydrogens (tertiary/aromatic N) is 1. The Hall–Kier alpha value is -2.50. The molecule has 1 heterocycles. The van der Waals surface area contributed by atoms with Crippen LogP contribution in [-0.2, 0) is 6.54 Å². The molecular formula is C13H10F2N2O2. The van der Waals surface area contributed by atoms with Gasteiger partial charge in [-0.3, -0.25) is 0 Å². The number of carboxylic acids is 1. The Morgan fingerprint density at radius 3 is 2.79 bits per heavy atom. The minimum Gasteiger partial charge on any atom is -0.478 e. The van der Waals surface area contributed by atoms with Gasteiger partial charge in [-0.05, 0) is 30.3 Å². The summed E-state index contributed by atoms with van der Waals surface area (Å²) in [4.78, 5) is 14.7. The van der Waals surface area contributed by atoms with E-state index in [9.17, 15) is 13.6 Å². The van der Waals surface area contributed by atoms with Crippen LogP contribution in [0.4, 0.5) is 14.6 Å². The van der Waals surface area contributed by atoms with Gasteiger partial charge >= 0.3 is 5.97 Å². The molecule has 2 rings (SSSR count). The lowest BCUT2D eigenvalue weighted by Crippen LogP contribution is -2.05. The minimum absolute atomic E-state index is 0.0136. The second kappa shape index (κ2) is 5.43. The summed E-state index contributed by atoms with van der Waals surface area (Å²) in [7, 11) is 0. The summed E-state index contributed by atoms with van der Waals surface area (Å²) in [6, 6.07) is 5.80. The van der Waals surface area contributed by atoms with Crippen LogP contribution >= 0.6 is 0 Å². The number of hydrogen-bond acceptors (Lipinski definition) is 3. The van der Waals surface area contributed by atoms with Crippen LogP contribution < -0.4 is 5.32 Å². The van der Waals surface area contributed by atoms with Crippen molar-refractivity contribution in [2.75, 3.05) is 5.32 Å². The summed E-state index contributed by atoms with van der Waals surface area (Å²) in [5.74, 6) is -1.88. The average molecular weight is 264 g/mol. The number of benzene rings is 1. The highest BCUT2D eigenvalue weighted by Gasteiger charge is 2.06. The van der Waals surface area contributed by atoms with Gasteiger partial charge in [0, 0.05) is 18.3 Å². The van der Waals surface area contributed by atoms with E-state index >= 15 is 0 Å². The molecule has 0 saturated heterocycles. The number of nitrogens with one attached hydrogen (secondary N) is 1. The number of aromatic carboxylic acids is 1. The third-order valence-corrected chi connectivity index (χ3v) is 2.47. The predicted molar refractivity (Wildman–Crippen MR) is 64.9 cm³/mol. The number of halogens is 2. The van der Waals surface area contributed by atoms with E-state index in [1.54, 1.807) is 0 Å². The summed E-state index contributed by atoms with van der Waals surface area (Å²) >= 11 is 0. The molecule has 1 aromatic heterocycles. The van der Waals surface area contributed by atoms with Crippen LogP contribution in [0.5, 0.6) is 0 Å². The van der Waals surface area contributed by atoms with Crippen molar-refractivity contribution >= 4 is 11.8 Å². The molecule has 2 N–H and O–H groups in total. The molecule has 0 aliphatic heterocycles. The van der Waals surface area contributed by atoms with Crippen LogP contribution in [0, 0.1) is 11.6 Å². The van der Waals surface area contributed by atoms with Crippen LogP contribution in [0.25, 0.3) is 0 Å². The highest BCUT2D eigenvalue weighted by Crippen LogP contribution is 2.13. The lowest BCUT2D eigenvalue weighted by molar-refractivity contribution is 0.0697. The first kappa shape index (κ1) is 12.9. The van der Waals surface area contributed by atoms with Crippen molar-refractivity contribution in [1.82, 2.24) is 4.98 Å². The maximum absolute atomic E-state index is 13.4. The van der Waals surface area contributed by atoms with Crippen molar-refractivity contribution in [2.24, 2.45) is 0 Å². The molecular weight excluding hydrogens is 254 g/mol. The maximum Gasteiger partial charge on any atom is 0.335 e. The van der Waals surface area contributed by atoms with Crippen LogP contribution in [0.1, 0.15) is 15.9 Å². The van der Waals surface area contributed by atoms with Gasteiger partial charge in [-0.15, -0.1) is 0 Å². The van der Waals surface area contributed by atoms with Crippen molar-refractivity contribution in [3.8, 4) is 0 Å². The minimum atomic E-state index is -1.08. The average Bonchev–Trinajstić information content (AvgIpc) is 2.40. The van der Waals surface area contributed by atoms with Crippen LogP contribution in [0.2, 0.25) is 0 Å². The summed E-state index contributed by atoms with van der Waals surface area (Å²) in [6.07, 6.45) is 1.33. The predicted octanol–water partition coefficient (Wildman–Crippen LogP) is 2.67. The number of hydrogen-bond donors (Lipinski definition) is 2. The quantitative estimate of drug-likeness (QED) is 0.891. The fraction of sp³-hybridized carbons (Fsp3) is 0.0769. The van der Waals surface area contributed by atoms with Crippen LogP contribution in [0.3, 0.4) is 0 Å². The maximum atomic E-state index is 13.4. The molecule has 0 radical (unpaired) electrons. The summed E-state index contributed by atoms with van der Waals surface area (Å²) in [5.41, 5.74) is 0.208. The molecule has 6 heteroatoms. The van der Waals surface area contributed by atoms with Crippen molar-refractivity contribution in [1.29, 1.82) is 0 Å². The SMILES string of the molecule is O=C(O)c1ccnc(NCc2cc(F)ccc2F)c1.